The van der Waals surface area contributed by atoms with Crippen molar-refractivity contribution in [3.05, 3.63) is 70.4 Å². The zero-order valence-electron chi connectivity index (χ0n) is 15.3. The van der Waals surface area contributed by atoms with Gasteiger partial charge in [0.05, 0.1) is 6.04 Å². The standard InChI is InChI=1S/C20H23N5OS/c1-15(25-14-21-13-23-25)20(26)22-11-18(16-5-3-2-4-6-16)24-9-7-19-17(12-24)8-10-27-19/h2-6,8,10,13-15,18H,7,9,11-12H2,1H3,(H,22,26). The Bertz CT molecular complexity index is 877. The molecule has 3 heterocycles. The Morgan fingerprint density at radius 1 is 1.30 bits per heavy atom. The number of nitrogens with zero attached hydrogens (tertiary/aromatic N) is 4. The van der Waals surface area contributed by atoms with Crippen LogP contribution in [0.25, 0.3) is 0 Å². The highest BCUT2D eigenvalue weighted by molar-refractivity contribution is 7.10. The van der Waals surface area contributed by atoms with Crippen LogP contribution in [0.1, 0.15) is 35.0 Å². The van der Waals surface area contributed by atoms with E-state index in [0.29, 0.717) is 6.54 Å². The zero-order chi connectivity index (χ0) is 18.6. The molecule has 2 unspecified atom stereocenters. The first-order valence-corrected chi connectivity index (χ1v) is 10.1. The minimum Gasteiger partial charge on any atom is -0.352 e. The number of rotatable bonds is 6. The molecule has 1 aliphatic heterocycles. The van der Waals surface area contributed by atoms with E-state index in [2.05, 4.69) is 56.0 Å². The number of thiophene rings is 1. The second-order valence-electron chi connectivity index (χ2n) is 6.81. The third-order valence-corrected chi connectivity index (χ3v) is 6.17. The predicted molar refractivity (Wildman–Crippen MR) is 105 cm³/mol. The number of amides is 1. The molecule has 3 aromatic rings. The minimum absolute atomic E-state index is 0.0466. The van der Waals surface area contributed by atoms with Crippen molar-refractivity contribution < 1.29 is 4.79 Å². The fraction of sp³-hybridized carbons (Fsp3) is 0.350. The molecule has 0 radical (unpaired) electrons. The third-order valence-electron chi connectivity index (χ3n) is 5.14. The van der Waals surface area contributed by atoms with Gasteiger partial charge in [-0.2, -0.15) is 5.10 Å². The Morgan fingerprint density at radius 2 is 2.15 bits per heavy atom. The highest BCUT2D eigenvalue weighted by Gasteiger charge is 2.26. The summed E-state index contributed by atoms with van der Waals surface area (Å²) in [6, 6.07) is 12.4. The Morgan fingerprint density at radius 3 is 2.93 bits per heavy atom. The van der Waals surface area contributed by atoms with Crippen molar-refractivity contribution in [3.63, 3.8) is 0 Å². The maximum atomic E-state index is 12.6. The lowest BCUT2D eigenvalue weighted by atomic mass is 10.0. The van der Waals surface area contributed by atoms with E-state index in [4.69, 9.17) is 0 Å². The average molecular weight is 382 g/mol. The van der Waals surface area contributed by atoms with Crippen molar-refractivity contribution >= 4 is 17.2 Å². The van der Waals surface area contributed by atoms with Crippen LogP contribution in [0, 0.1) is 0 Å². The monoisotopic (exact) mass is 381 g/mol. The average Bonchev–Trinajstić information content (AvgIpc) is 3.39. The van der Waals surface area contributed by atoms with Crippen LogP contribution < -0.4 is 5.32 Å². The van der Waals surface area contributed by atoms with Crippen LogP contribution >= 0.6 is 11.3 Å². The first-order valence-electron chi connectivity index (χ1n) is 9.18. The Labute approximate surface area is 162 Å². The molecule has 27 heavy (non-hydrogen) atoms. The van der Waals surface area contributed by atoms with Crippen LogP contribution in [0.15, 0.2) is 54.4 Å². The number of carbonyl (C=O) groups excluding carboxylic acids is 1. The SMILES string of the molecule is CC(C(=O)NCC(c1ccccc1)N1CCc2sccc2C1)n1cncn1. The van der Waals surface area contributed by atoms with Crippen LogP contribution in [0.2, 0.25) is 0 Å². The summed E-state index contributed by atoms with van der Waals surface area (Å²) in [5, 5.41) is 9.36. The summed E-state index contributed by atoms with van der Waals surface area (Å²) >= 11 is 1.84. The first kappa shape index (κ1) is 17.9. The van der Waals surface area contributed by atoms with Gasteiger partial charge in [0.1, 0.15) is 18.7 Å². The first-order chi connectivity index (χ1) is 13.2. The largest absolute Gasteiger partial charge is 0.352 e. The molecule has 140 valence electrons. The van der Waals surface area contributed by atoms with E-state index < -0.39 is 0 Å². The van der Waals surface area contributed by atoms with Gasteiger partial charge in [0.2, 0.25) is 5.91 Å². The molecular formula is C20H23N5OS. The Balaban J connectivity index is 1.48. The van der Waals surface area contributed by atoms with Crippen molar-refractivity contribution in [2.24, 2.45) is 0 Å². The van der Waals surface area contributed by atoms with Gasteiger partial charge in [0, 0.05) is 24.5 Å². The second-order valence-corrected chi connectivity index (χ2v) is 7.81. The predicted octanol–water partition coefficient (Wildman–Crippen LogP) is 2.82. The maximum Gasteiger partial charge on any atom is 0.244 e. The van der Waals surface area contributed by atoms with E-state index in [1.54, 1.807) is 11.0 Å². The van der Waals surface area contributed by atoms with Crippen LogP contribution in [0.4, 0.5) is 0 Å². The molecular weight excluding hydrogens is 358 g/mol. The van der Waals surface area contributed by atoms with Gasteiger partial charge >= 0.3 is 0 Å². The van der Waals surface area contributed by atoms with E-state index >= 15 is 0 Å². The molecule has 2 atom stereocenters. The number of benzene rings is 1. The van der Waals surface area contributed by atoms with Crippen molar-refractivity contribution in [3.8, 4) is 0 Å². The van der Waals surface area contributed by atoms with Crippen LogP contribution in [-0.4, -0.2) is 38.7 Å². The molecule has 0 fully saturated rings. The highest BCUT2D eigenvalue weighted by atomic mass is 32.1. The molecule has 0 saturated heterocycles. The number of hydrogen-bond acceptors (Lipinski definition) is 5. The van der Waals surface area contributed by atoms with Crippen LogP contribution in [-0.2, 0) is 17.8 Å². The molecule has 4 rings (SSSR count). The summed E-state index contributed by atoms with van der Waals surface area (Å²) in [7, 11) is 0. The lowest BCUT2D eigenvalue weighted by molar-refractivity contribution is -0.124. The third kappa shape index (κ3) is 3.94. The minimum atomic E-state index is -0.381. The van der Waals surface area contributed by atoms with Gasteiger partial charge < -0.3 is 5.32 Å². The molecule has 1 amide bonds. The molecule has 6 nitrogen and oxygen atoms in total. The molecule has 2 aromatic heterocycles. The van der Waals surface area contributed by atoms with E-state index in [-0.39, 0.29) is 18.0 Å². The van der Waals surface area contributed by atoms with Gasteiger partial charge in [-0.15, -0.1) is 11.3 Å². The van der Waals surface area contributed by atoms with Crippen molar-refractivity contribution in [2.75, 3.05) is 13.1 Å². The van der Waals surface area contributed by atoms with E-state index in [0.717, 1.165) is 19.5 Å². The van der Waals surface area contributed by atoms with Gasteiger partial charge in [0.25, 0.3) is 0 Å². The summed E-state index contributed by atoms with van der Waals surface area (Å²) in [6.45, 7) is 4.33. The van der Waals surface area contributed by atoms with Crippen LogP contribution in [0.5, 0.6) is 0 Å². The fourth-order valence-corrected chi connectivity index (χ4v) is 4.44. The van der Waals surface area contributed by atoms with Crippen molar-refractivity contribution in [1.29, 1.82) is 0 Å². The van der Waals surface area contributed by atoms with Crippen molar-refractivity contribution in [2.45, 2.75) is 32.0 Å². The summed E-state index contributed by atoms with van der Waals surface area (Å²) in [6.07, 6.45) is 4.09. The fourth-order valence-electron chi connectivity index (χ4n) is 3.55. The van der Waals surface area contributed by atoms with E-state index in [9.17, 15) is 4.79 Å². The van der Waals surface area contributed by atoms with Gasteiger partial charge in [-0.1, -0.05) is 30.3 Å². The molecule has 0 spiro atoms. The van der Waals surface area contributed by atoms with Gasteiger partial charge in [-0.05, 0) is 35.9 Å². The summed E-state index contributed by atoms with van der Waals surface area (Å²) in [5.41, 5.74) is 2.64. The van der Waals surface area contributed by atoms with Gasteiger partial charge in [-0.25, -0.2) is 9.67 Å². The lowest BCUT2D eigenvalue weighted by Crippen LogP contribution is -2.42. The molecule has 0 aliphatic carbocycles. The quantitative estimate of drug-likeness (QED) is 0.713. The van der Waals surface area contributed by atoms with Crippen LogP contribution in [0.3, 0.4) is 0 Å². The Hall–Kier alpha value is -2.51. The lowest BCUT2D eigenvalue weighted by Gasteiger charge is -2.35. The number of fused-ring (bicyclic) bond motifs is 1. The molecule has 0 bridgehead atoms. The number of carbonyl (C=O) groups is 1. The molecule has 1 aromatic carbocycles. The second kappa shape index (κ2) is 8.02. The smallest absolute Gasteiger partial charge is 0.244 e. The van der Waals surface area contributed by atoms with Crippen molar-refractivity contribution in [1.82, 2.24) is 25.0 Å². The van der Waals surface area contributed by atoms with E-state index in [1.807, 2.05) is 24.3 Å². The zero-order valence-corrected chi connectivity index (χ0v) is 16.1. The number of nitrogens with one attached hydrogen (secondary N) is 1. The Kier molecular flexibility index (Phi) is 5.31. The highest BCUT2D eigenvalue weighted by Crippen LogP contribution is 2.30. The van der Waals surface area contributed by atoms with E-state index in [1.165, 1.54) is 22.3 Å². The topological polar surface area (TPSA) is 63.1 Å². The number of hydrogen-bond donors (Lipinski definition) is 1. The summed E-state index contributed by atoms with van der Waals surface area (Å²) in [4.78, 5) is 20.5. The maximum absolute atomic E-state index is 12.6. The molecule has 0 saturated carbocycles. The molecule has 1 aliphatic rings. The number of aromatic nitrogens is 3. The summed E-state index contributed by atoms with van der Waals surface area (Å²) in [5.74, 6) is -0.0466. The molecule has 1 N–H and O–H groups in total. The van der Waals surface area contributed by atoms with Gasteiger partial charge in [-0.3, -0.25) is 9.69 Å². The summed E-state index contributed by atoms with van der Waals surface area (Å²) < 4.78 is 1.57. The molecule has 7 heteroatoms. The van der Waals surface area contributed by atoms with Gasteiger partial charge in [0.15, 0.2) is 0 Å². The normalized spacial score (nSPS) is 16.5.